The second-order valence-electron chi connectivity index (χ2n) is 5.69. The van der Waals surface area contributed by atoms with E-state index in [1.165, 1.54) is 0 Å². The topological polar surface area (TPSA) is 75.4 Å². The Kier molecular flexibility index (Phi) is 5.95. The minimum atomic E-state index is -0.846. The summed E-state index contributed by atoms with van der Waals surface area (Å²) in [5.41, 5.74) is 7.63. The van der Waals surface area contributed by atoms with Crippen LogP contribution in [-0.4, -0.2) is 25.4 Å². The maximum Gasteiger partial charge on any atom is 0.252 e. The Morgan fingerprint density at radius 3 is 2.25 bits per heavy atom. The Labute approximate surface area is 142 Å². The lowest BCUT2D eigenvalue weighted by Crippen LogP contribution is -2.37. The van der Waals surface area contributed by atoms with Crippen LogP contribution in [0.1, 0.15) is 35.3 Å². The molecule has 0 aliphatic carbocycles. The molecule has 0 saturated carbocycles. The third-order valence-corrected chi connectivity index (χ3v) is 3.82. The molecule has 2 aromatic rings. The summed E-state index contributed by atoms with van der Waals surface area (Å²) in [5, 5.41) is 2.70. The summed E-state index contributed by atoms with van der Waals surface area (Å²) in [4.78, 5) is 26.2. The van der Waals surface area contributed by atoms with Gasteiger partial charge in [0, 0.05) is 24.8 Å². The van der Waals surface area contributed by atoms with E-state index in [0.717, 1.165) is 18.7 Å². The van der Waals surface area contributed by atoms with Gasteiger partial charge in [-0.05, 0) is 36.2 Å². The minimum Gasteiger partial charge on any atom is -0.375 e. The molecular formula is C19H23N3O2. The van der Waals surface area contributed by atoms with Gasteiger partial charge in [0.05, 0.1) is 0 Å². The van der Waals surface area contributed by atoms with Gasteiger partial charge in [-0.3, -0.25) is 9.59 Å². The van der Waals surface area contributed by atoms with Crippen molar-refractivity contribution in [2.24, 2.45) is 5.73 Å². The van der Waals surface area contributed by atoms with Crippen molar-refractivity contribution < 1.29 is 9.59 Å². The molecule has 0 radical (unpaired) electrons. The Morgan fingerprint density at radius 2 is 1.71 bits per heavy atom. The fourth-order valence-electron chi connectivity index (χ4n) is 2.51. The molecule has 0 spiro atoms. The number of hydrogen-bond donors (Lipinski definition) is 2. The third kappa shape index (κ3) is 4.35. The van der Waals surface area contributed by atoms with Crippen LogP contribution in [-0.2, 0) is 4.79 Å². The number of amides is 2. The molecule has 0 saturated heterocycles. The molecule has 126 valence electrons. The summed E-state index contributed by atoms with van der Waals surface area (Å²) in [6.45, 7) is 3.06. The van der Waals surface area contributed by atoms with E-state index in [2.05, 4.69) is 17.1 Å². The number of anilines is 1. The van der Waals surface area contributed by atoms with Gasteiger partial charge in [-0.25, -0.2) is 0 Å². The summed E-state index contributed by atoms with van der Waals surface area (Å²) in [5.74, 6) is -0.916. The zero-order valence-electron chi connectivity index (χ0n) is 14.0. The zero-order chi connectivity index (χ0) is 17.5. The summed E-state index contributed by atoms with van der Waals surface area (Å²) in [6.07, 6.45) is 1.05. The van der Waals surface area contributed by atoms with Crippen molar-refractivity contribution in [1.82, 2.24) is 5.32 Å². The van der Waals surface area contributed by atoms with Gasteiger partial charge in [0.25, 0.3) is 5.91 Å². The largest absolute Gasteiger partial charge is 0.375 e. The molecule has 0 aliphatic heterocycles. The third-order valence-electron chi connectivity index (χ3n) is 3.82. The first kappa shape index (κ1) is 17.5. The van der Waals surface area contributed by atoms with Crippen molar-refractivity contribution in [3.05, 3.63) is 65.7 Å². The number of benzene rings is 2. The van der Waals surface area contributed by atoms with Gasteiger partial charge >= 0.3 is 0 Å². The number of rotatable bonds is 7. The molecule has 1 atom stereocenters. The molecule has 5 nitrogen and oxygen atoms in total. The van der Waals surface area contributed by atoms with Gasteiger partial charge in [-0.15, -0.1) is 0 Å². The summed E-state index contributed by atoms with van der Waals surface area (Å²) >= 11 is 0. The molecule has 5 heteroatoms. The number of primary amides is 1. The van der Waals surface area contributed by atoms with Crippen LogP contribution >= 0.6 is 0 Å². The van der Waals surface area contributed by atoms with Gasteiger partial charge in [-0.2, -0.15) is 0 Å². The Morgan fingerprint density at radius 1 is 1.08 bits per heavy atom. The van der Waals surface area contributed by atoms with Crippen LogP contribution in [0.5, 0.6) is 0 Å². The van der Waals surface area contributed by atoms with Crippen LogP contribution in [0, 0.1) is 0 Å². The van der Waals surface area contributed by atoms with Crippen LogP contribution in [0.25, 0.3) is 0 Å². The van der Waals surface area contributed by atoms with E-state index in [0.29, 0.717) is 11.1 Å². The highest BCUT2D eigenvalue weighted by atomic mass is 16.2. The van der Waals surface area contributed by atoms with Gasteiger partial charge < -0.3 is 16.0 Å². The van der Waals surface area contributed by atoms with Crippen molar-refractivity contribution in [2.75, 3.05) is 18.5 Å². The van der Waals surface area contributed by atoms with Crippen molar-refractivity contribution in [3.63, 3.8) is 0 Å². The standard InChI is InChI=1S/C19H23N3O2/c1-3-13-22(2)16-11-9-15(10-12-16)19(24)21-17(18(20)23)14-7-5-4-6-8-14/h4-12,17H,3,13H2,1-2H3,(H2,20,23)(H,21,24). The quantitative estimate of drug-likeness (QED) is 0.821. The highest BCUT2D eigenvalue weighted by Gasteiger charge is 2.20. The first-order chi connectivity index (χ1) is 11.5. The second kappa shape index (κ2) is 8.15. The maximum atomic E-state index is 12.4. The second-order valence-corrected chi connectivity index (χ2v) is 5.69. The van der Waals surface area contributed by atoms with Crippen molar-refractivity contribution in [2.45, 2.75) is 19.4 Å². The van der Waals surface area contributed by atoms with E-state index in [-0.39, 0.29) is 5.91 Å². The van der Waals surface area contributed by atoms with Crippen molar-refractivity contribution in [3.8, 4) is 0 Å². The molecule has 3 N–H and O–H groups in total. The predicted octanol–water partition coefficient (Wildman–Crippen LogP) is 2.49. The number of nitrogens with zero attached hydrogens (tertiary/aromatic N) is 1. The number of hydrogen-bond acceptors (Lipinski definition) is 3. The molecule has 2 rings (SSSR count). The highest BCUT2D eigenvalue weighted by Crippen LogP contribution is 2.16. The average Bonchev–Trinajstić information content (AvgIpc) is 2.60. The van der Waals surface area contributed by atoms with Crippen molar-refractivity contribution >= 4 is 17.5 Å². The fraction of sp³-hybridized carbons (Fsp3) is 0.263. The molecule has 0 aromatic heterocycles. The van der Waals surface area contributed by atoms with Gasteiger partial charge in [-0.1, -0.05) is 37.3 Å². The highest BCUT2D eigenvalue weighted by molar-refractivity contribution is 5.97. The van der Waals surface area contributed by atoms with E-state index >= 15 is 0 Å². The molecular weight excluding hydrogens is 302 g/mol. The van der Waals surface area contributed by atoms with E-state index in [4.69, 9.17) is 5.73 Å². The van der Waals surface area contributed by atoms with E-state index in [9.17, 15) is 9.59 Å². The molecule has 0 heterocycles. The Balaban J connectivity index is 2.12. The number of nitrogens with two attached hydrogens (primary N) is 1. The summed E-state index contributed by atoms with van der Waals surface area (Å²) in [7, 11) is 2.01. The molecule has 0 bridgehead atoms. The van der Waals surface area contributed by atoms with Gasteiger partial charge in [0.2, 0.25) is 5.91 Å². The monoisotopic (exact) mass is 325 g/mol. The van der Waals surface area contributed by atoms with Gasteiger partial charge in [0.1, 0.15) is 6.04 Å². The van der Waals surface area contributed by atoms with Crippen LogP contribution in [0.2, 0.25) is 0 Å². The van der Waals surface area contributed by atoms with Crippen molar-refractivity contribution in [1.29, 1.82) is 0 Å². The van der Waals surface area contributed by atoms with E-state index in [1.807, 2.05) is 25.2 Å². The number of nitrogens with one attached hydrogen (secondary N) is 1. The predicted molar refractivity (Wildman–Crippen MR) is 95.8 cm³/mol. The lowest BCUT2D eigenvalue weighted by Gasteiger charge is -2.19. The normalized spacial score (nSPS) is 11.6. The first-order valence-corrected chi connectivity index (χ1v) is 7.99. The summed E-state index contributed by atoms with van der Waals surface area (Å²) < 4.78 is 0. The van der Waals surface area contributed by atoms with Crippen LogP contribution in [0.4, 0.5) is 5.69 Å². The van der Waals surface area contributed by atoms with E-state index < -0.39 is 11.9 Å². The zero-order valence-corrected chi connectivity index (χ0v) is 14.0. The smallest absolute Gasteiger partial charge is 0.252 e. The Bertz CT molecular complexity index is 684. The van der Waals surface area contributed by atoms with Crippen LogP contribution in [0.3, 0.4) is 0 Å². The molecule has 0 fully saturated rings. The lowest BCUT2D eigenvalue weighted by molar-refractivity contribution is -0.120. The molecule has 2 amide bonds. The first-order valence-electron chi connectivity index (χ1n) is 7.99. The average molecular weight is 325 g/mol. The Hall–Kier alpha value is -2.82. The maximum absolute atomic E-state index is 12.4. The SMILES string of the molecule is CCCN(C)c1ccc(C(=O)NC(C(N)=O)c2ccccc2)cc1. The number of carbonyl (C=O) groups excluding carboxylic acids is 2. The summed E-state index contributed by atoms with van der Waals surface area (Å²) in [6, 6.07) is 15.4. The molecule has 2 aromatic carbocycles. The number of carbonyl (C=O) groups is 2. The van der Waals surface area contributed by atoms with Gasteiger partial charge in [0.15, 0.2) is 0 Å². The van der Waals surface area contributed by atoms with E-state index in [1.54, 1.807) is 36.4 Å². The van der Waals surface area contributed by atoms with Crippen LogP contribution < -0.4 is 16.0 Å². The molecule has 24 heavy (non-hydrogen) atoms. The fourth-order valence-corrected chi connectivity index (χ4v) is 2.51. The minimum absolute atomic E-state index is 0.327. The molecule has 1 unspecified atom stereocenters. The van der Waals surface area contributed by atoms with Crippen LogP contribution in [0.15, 0.2) is 54.6 Å². The lowest BCUT2D eigenvalue weighted by atomic mass is 10.1. The molecule has 0 aliphatic rings.